The maximum atomic E-state index is 13.5. The number of nitriles is 1. The van der Waals surface area contributed by atoms with E-state index in [0.717, 1.165) is 17.8 Å². The van der Waals surface area contributed by atoms with Gasteiger partial charge in [-0.1, -0.05) is 11.8 Å². The van der Waals surface area contributed by atoms with Crippen LogP contribution in [0.1, 0.15) is 11.1 Å². The zero-order valence-electron chi connectivity index (χ0n) is 15.2. The van der Waals surface area contributed by atoms with Crippen molar-refractivity contribution in [1.82, 2.24) is 10.3 Å². The highest BCUT2D eigenvalue weighted by atomic mass is 32.2. The molecular weight excluding hydrogens is 395 g/mol. The molecule has 1 amide bonds. The number of pyridine rings is 1. The lowest BCUT2D eigenvalue weighted by molar-refractivity contribution is -0.138. The van der Waals surface area contributed by atoms with Gasteiger partial charge in [-0.15, -0.1) is 0 Å². The van der Waals surface area contributed by atoms with Crippen molar-refractivity contribution in [2.45, 2.75) is 11.2 Å². The number of hydrogen-bond donors (Lipinski definition) is 1. The molecule has 0 saturated heterocycles. The van der Waals surface area contributed by atoms with Crippen LogP contribution in [0.3, 0.4) is 0 Å². The first kappa shape index (κ1) is 21.4. The molecule has 2 rings (SSSR count). The number of methoxy groups -OCH3 is 2. The molecule has 0 saturated carbocycles. The van der Waals surface area contributed by atoms with Gasteiger partial charge in [-0.2, -0.15) is 18.4 Å². The van der Waals surface area contributed by atoms with E-state index in [1.807, 2.05) is 0 Å². The van der Waals surface area contributed by atoms with Gasteiger partial charge in [0.2, 0.25) is 5.91 Å². The summed E-state index contributed by atoms with van der Waals surface area (Å²) >= 11 is 0.759. The van der Waals surface area contributed by atoms with E-state index in [1.165, 1.54) is 33.4 Å². The average molecular weight is 411 g/mol. The third-order valence-corrected chi connectivity index (χ3v) is 4.68. The smallest absolute Gasteiger partial charge is 0.417 e. The Kier molecular flexibility index (Phi) is 6.75. The summed E-state index contributed by atoms with van der Waals surface area (Å²) in [5.74, 6) is 0.149. The molecule has 0 aliphatic heterocycles. The van der Waals surface area contributed by atoms with Crippen LogP contribution in [0.15, 0.2) is 29.3 Å². The van der Waals surface area contributed by atoms with E-state index in [0.29, 0.717) is 17.1 Å². The molecule has 1 aromatic heterocycles. The van der Waals surface area contributed by atoms with Gasteiger partial charge in [0.25, 0.3) is 0 Å². The Labute approximate surface area is 163 Å². The Morgan fingerprint density at radius 3 is 2.46 bits per heavy atom. The molecule has 1 N–H and O–H groups in total. The van der Waals surface area contributed by atoms with E-state index in [-0.39, 0.29) is 16.5 Å². The molecule has 0 fully saturated rings. The topological polar surface area (TPSA) is 84.2 Å². The monoisotopic (exact) mass is 411 g/mol. The quantitative estimate of drug-likeness (QED) is 0.733. The van der Waals surface area contributed by atoms with Crippen molar-refractivity contribution in [2.75, 3.05) is 27.0 Å². The summed E-state index contributed by atoms with van der Waals surface area (Å²) in [4.78, 5) is 15.7. The van der Waals surface area contributed by atoms with Crippen LogP contribution in [0.25, 0.3) is 11.3 Å². The molecule has 1 aromatic carbocycles. The first-order valence-corrected chi connectivity index (χ1v) is 8.81. The predicted molar refractivity (Wildman–Crippen MR) is 97.3 cm³/mol. The van der Waals surface area contributed by atoms with Gasteiger partial charge >= 0.3 is 6.18 Å². The molecule has 28 heavy (non-hydrogen) atoms. The Hall–Kier alpha value is -2.93. The van der Waals surface area contributed by atoms with Crippen molar-refractivity contribution in [2.24, 2.45) is 0 Å². The molecule has 0 aliphatic rings. The van der Waals surface area contributed by atoms with Gasteiger partial charge in [-0.3, -0.25) is 4.79 Å². The number of nitrogens with zero attached hydrogens (tertiary/aromatic N) is 2. The minimum atomic E-state index is -4.76. The molecule has 0 bridgehead atoms. The van der Waals surface area contributed by atoms with Crippen LogP contribution in [0, 0.1) is 11.3 Å². The number of halogens is 3. The summed E-state index contributed by atoms with van der Waals surface area (Å²) in [5.41, 5.74) is -1.40. The summed E-state index contributed by atoms with van der Waals surface area (Å²) in [6.45, 7) is 0. The zero-order chi connectivity index (χ0) is 20.9. The van der Waals surface area contributed by atoms with Crippen LogP contribution in [-0.4, -0.2) is 37.9 Å². The highest BCUT2D eigenvalue weighted by Gasteiger charge is 2.36. The fourth-order valence-corrected chi connectivity index (χ4v) is 3.18. The Bertz CT molecular complexity index is 927. The molecule has 0 atom stereocenters. The van der Waals surface area contributed by atoms with E-state index in [9.17, 15) is 23.2 Å². The maximum absolute atomic E-state index is 13.5. The lowest BCUT2D eigenvalue weighted by Crippen LogP contribution is -2.20. The molecule has 0 unspecified atom stereocenters. The summed E-state index contributed by atoms with van der Waals surface area (Å²) in [5, 5.41) is 11.4. The standard InChI is InChI=1S/C18H16F3N3O3S/c1-23-16(25)9-28-17-11(8-22)12(18(19,20)21)7-13(24-17)10-4-5-14(26-2)15(6-10)27-3/h4-7H,9H2,1-3H3,(H,23,25). The van der Waals surface area contributed by atoms with E-state index in [2.05, 4.69) is 10.3 Å². The number of aromatic nitrogens is 1. The number of benzene rings is 1. The number of ether oxygens (including phenoxy) is 2. The molecule has 6 nitrogen and oxygen atoms in total. The number of nitrogens with one attached hydrogen (secondary N) is 1. The first-order chi connectivity index (χ1) is 13.2. The largest absolute Gasteiger partial charge is 0.493 e. The Morgan fingerprint density at radius 2 is 1.93 bits per heavy atom. The third kappa shape index (κ3) is 4.67. The number of hydrogen-bond acceptors (Lipinski definition) is 6. The minimum Gasteiger partial charge on any atom is -0.493 e. The zero-order valence-corrected chi connectivity index (χ0v) is 16.0. The van der Waals surface area contributed by atoms with Crippen LogP contribution in [-0.2, 0) is 11.0 Å². The first-order valence-electron chi connectivity index (χ1n) is 7.83. The number of rotatable bonds is 6. The Morgan fingerprint density at radius 1 is 1.25 bits per heavy atom. The van der Waals surface area contributed by atoms with E-state index in [1.54, 1.807) is 12.1 Å². The fourth-order valence-electron chi connectivity index (χ4n) is 2.31. The predicted octanol–water partition coefficient (Wildman–Crippen LogP) is 3.49. The van der Waals surface area contributed by atoms with E-state index in [4.69, 9.17) is 9.47 Å². The number of carbonyl (C=O) groups is 1. The van der Waals surface area contributed by atoms with Gasteiger partial charge in [0, 0.05) is 12.6 Å². The number of carbonyl (C=O) groups excluding carboxylic acids is 1. The lowest BCUT2D eigenvalue weighted by Gasteiger charge is -2.15. The van der Waals surface area contributed by atoms with Gasteiger partial charge in [-0.05, 0) is 24.3 Å². The van der Waals surface area contributed by atoms with Crippen LogP contribution in [0.2, 0.25) is 0 Å². The van der Waals surface area contributed by atoms with E-state index >= 15 is 0 Å². The van der Waals surface area contributed by atoms with Gasteiger partial charge in [0.15, 0.2) is 11.5 Å². The second-order valence-electron chi connectivity index (χ2n) is 5.38. The molecule has 1 heterocycles. The van der Waals surface area contributed by atoms with Crippen LogP contribution in [0.4, 0.5) is 13.2 Å². The lowest BCUT2D eigenvalue weighted by atomic mass is 10.0. The number of amides is 1. The highest BCUT2D eigenvalue weighted by Crippen LogP contribution is 2.39. The molecule has 2 aromatic rings. The molecule has 10 heteroatoms. The van der Waals surface area contributed by atoms with Crippen LogP contribution < -0.4 is 14.8 Å². The van der Waals surface area contributed by atoms with Crippen molar-refractivity contribution < 1.29 is 27.4 Å². The van der Waals surface area contributed by atoms with Crippen LogP contribution >= 0.6 is 11.8 Å². The molecule has 0 aliphatic carbocycles. The summed E-state index contributed by atoms with van der Waals surface area (Å²) in [6.07, 6.45) is -4.76. The number of thioether (sulfide) groups is 1. The average Bonchev–Trinajstić information content (AvgIpc) is 2.69. The highest BCUT2D eigenvalue weighted by molar-refractivity contribution is 8.00. The second kappa shape index (κ2) is 8.84. The normalized spacial score (nSPS) is 10.9. The molecule has 0 radical (unpaired) electrons. The Balaban J connectivity index is 2.65. The van der Waals surface area contributed by atoms with Crippen molar-refractivity contribution in [3.05, 3.63) is 35.4 Å². The van der Waals surface area contributed by atoms with E-state index < -0.39 is 23.2 Å². The third-order valence-electron chi connectivity index (χ3n) is 3.70. The molecular formula is C18H16F3N3O3S. The van der Waals surface area contributed by atoms with Gasteiger partial charge in [0.05, 0.1) is 36.8 Å². The van der Waals surface area contributed by atoms with Gasteiger partial charge in [-0.25, -0.2) is 4.98 Å². The molecule has 0 spiro atoms. The second-order valence-corrected chi connectivity index (χ2v) is 6.34. The van der Waals surface area contributed by atoms with Gasteiger partial charge < -0.3 is 14.8 Å². The summed E-state index contributed by atoms with van der Waals surface area (Å²) < 4.78 is 50.9. The summed E-state index contributed by atoms with van der Waals surface area (Å²) in [6, 6.07) is 6.92. The molecule has 148 valence electrons. The van der Waals surface area contributed by atoms with Crippen molar-refractivity contribution in [1.29, 1.82) is 5.26 Å². The van der Waals surface area contributed by atoms with Crippen molar-refractivity contribution in [3.8, 4) is 28.8 Å². The van der Waals surface area contributed by atoms with Crippen LogP contribution in [0.5, 0.6) is 11.5 Å². The number of alkyl halides is 3. The van der Waals surface area contributed by atoms with Crippen molar-refractivity contribution >= 4 is 17.7 Å². The van der Waals surface area contributed by atoms with Gasteiger partial charge in [0.1, 0.15) is 11.1 Å². The SMILES string of the molecule is CNC(=O)CSc1nc(-c2ccc(OC)c(OC)c2)cc(C(F)(F)F)c1C#N. The fraction of sp³-hybridized carbons (Fsp3) is 0.278. The van der Waals surface area contributed by atoms with Crippen molar-refractivity contribution in [3.63, 3.8) is 0 Å². The maximum Gasteiger partial charge on any atom is 0.417 e. The minimum absolute atomic E-state index is 0.00770. The summed E-state index contributed by atoms with van der Waals surface area (Å²) in [7, 11) is 4.25.